The number of carboxylic acid groups (broad SMARTS) is 1. The number of aliphatic carboxylic acids is 1. The zero-order chi connectivity index (χ0) is 15.2. The van der Waals surface area contributed by atoms with Crippen LogP contribution in [-0.2, 0) is 23.1 Å². The number of aryl methyl sites for hydroxylation is 1. The van der Waals surface area contributed by atoms with E-state index < -0.39 is 5.97 Å². The average Bonchev–Trinajstić information content (AvgIpc) is 2.45. The maximum atomic E-state index is 11.4. The molecule has 0 saturated carbocycles. The maximum absolute atomic E-state index is 11.4. The molecule has 5 heteroatoms. The second-order valence-corrected chi connectivity index (χ2v) is 5.01. The molecular weight excluding hydrogens is 268 g/mol. The molecule has 1 heterocycles. The molecule has 0 atom stereocenters. The van der Waals surface area contributed by atoms with Crippen molar-refractivity contribution in [2.75, 3.05) is 6.54 Å². The Hall–Kier alpha value is -2.43. The van der Waals surface area contributed by atoms with Crippen molar-refractivity contribution in [2.45, 2.75) is 19.3 Å². The Labute approximate surface area is 123 Å². The number of aromatic nitrogens is 1. The third kappa shape index (κ3) is 4.27. The lowest BCUT2D eigenvalue weighted by molar-refractivity contribution is -0.645. The van der Waals surface area contributed by atoms with E-state index >= 15 is 0 Å². The lowest BCUT2D eigenvalue weighted by Gasteiger charge is -2.05. The van der Waals surface area contributed by atoms with E-state index in [0.29, 0.717) is 6.54 Å². The summed E-state index contributed by atoms with van der Waals surface area (Å²) < 4.78 is 2.07. The van der Waals surface area contributed by atoms with Gasteiger partial charge >= 0.3 is 5.97 Å². The summed E-state index contributed by atoms with van der Waals surface area (Å²) in [5.41, 5.74) is 2.29. The molecule has 0 aliphatic heterocycles. The fourth-order valence-corrected chi connectivity index (χ4v) is 2.28. The molecule has 2 N–H and O–H groups in total. The number of para-hydroxylation sites is 1. The van der Waals surface area contributed by atoms with Crippen molar-refractivity contribution < 1.29 is 19.3 Å². The molecule has 0 saturated heterocycles. The second-order valence-electron chi connectivity index (χ2n) is 5.01. The minimum atomic E-state index is -0.952. The lowest BCUT2D eigenvalue weighted by atomic mass is 10.1. The minimum Gasteiger partial charge on any atom is -0.481 e. The number of carbonyl (C=O) groups is 2. The van der Waals surface area contributed by atoms with Crippen molar-refractivity contribution >= 4 is 22.8 Å². The van der Waals surface area contributed by atoms with E-state index in [1.165, 1.54) is 0 Å². The number of hydrogen-bond donors (Lipinski definition) is 2. The van der Waals surface area contributed by atoms with Crippen molar-refractivity contribution in [3.63, 3.8) is 0 Å². The molecule has 0 unspecified atom stereocenters. The molecule has 0 radical (unpaired) electrons. The number of carbonyl (C=O) groups excluding carboxylic acids is 1. The first-order valence-electron chi connectivity index (χ1n) is 6.92. The van der Waals surface area contributed by atoms with Crippen LogP contribution in [0.3, 0.4) is 0 Å². The van der Waals surface area contributed by atoms with Crippen molar-refractivity contribution in [3.8, 4) is 0 Å². The van der Waals surface area contributed by atoms with Crippen LogP contribution in [0.25, 0.3) is 10.9 Å². The van der Waals surface area contributed by atoms with E-state index in [4.69, 9.17) is 5.11 Å². The van der Waals surface area contributed by atoms with Gasteiger partial charge in [0.2, 0.25) is 11.4 Å². The number of nitrogens with zero attached hydrogens (tertiary/aromatic N) is 1. The fourth-order valence-electron chi connectivity index (χ4n) is 2.28. The molecule has 2 aromatic rings. The van der Waals surface area contributed by atoms with E-state index in [1.807, 2.05) is 25.4 Å². The Kier molecular flexibility index (Phi) is 4.87. The maximum Gasteiger partial charge on any atom is 0.303 e. The van der Waals surface area contributed by atoms with Crippen molar-refractivity contribution in [2.24, 2.45) is 7.05 Å². The van der Waals surface area contributed by atoms with Gasteiger partial charge in [0.15, 0.2) is 6.20 Å². The SMILES string of the molecule is C[n+]1cc(CCNC(=O)CCC(=O)O)cc2ccccc21. The van der Waals surface area contributed by atoms with Gasteiger partial charge in [-0.1, -0.05) is 12.1 Å². The summed E-state index contributed by atoms with van der Waals surface area (Å²) in [4.78, 5) is 21.8. The van der Waals surface area contributed by atoms with Crippen LogP contribution in [0.15, 0.2) is 36.5 Å². The third-order valence-corrected chi connectivity index (χ3v) is 3.32. The van der Waals surface area contributed by atoms with Gasteiger partial charge in [-0.25, -0.2) is 4.57 Å². The molecule has 1 aromatic heterocycles. The Balaban J connectivity index is 1.92. The van der Waals surface area contributed by atoms with Gasteiger partial charge in [-0.05, 0) is 18.6 Å². The highest BCUT2D eigenvalue weighted by molar-refractivity contribution is 5.80. The van der Waals surface area contributed by atoms with Crippen LogP contribution in [0.5, 0.6) is 0 Å². The van der Waals surface area contributed by atoms with Gasteiger partial charge in [0, 0.05) is 30.0 Å². The predicted octanol–water partition coefficient (Wildman–Crippen LogP) is 1.19. The highest BCUT2D eigenvalue weighted by atomic mass is 16.4. The molecule has 5 nitrogen and oxygen atoms in total. The number of amides is 1. The molecule has 0 bridgehead atoms. The number of hydrogen-bond acceptors (Lipinski definition) is 2. The molecule has 0 spiro atoms. The van der Waals surface area contributed by atoms with Crippen LogP contribution in [0.2, 0.25) is 0 Å². The Morgan fingerprint density at radius 1 is 1.24 bits per heavy atom. The normalized spacial score (nSPS) is 10.5. The highest BCUT2D eigenvalue weighted by Crippen LogP contribution is 2.11. The van der Waals surface area contributed by atoms with E-state index in [-0.39, 0.29) is 18.7 Å². The molecule has 0 aliphatic carbocycles. The molecule has 0 aliphatic rings. The number of fused-ring (bicyclic) bond motifs is 1. The first-order chi connectivity index (χ1) is 10.1. The van der Waals surface area contributed by atoms with Crippen LogP contribution in [0, 0.1) is 0 Å². The van der Waals surface area contributed by atoms with E-state index in [1.54, 1.807) is 0 Å². The van der Waals surface area contributed by atoms with E-state index in [9.17, 15) is 9.59 Å². The molecular formula is C16H19N2O3+. The smallest absolute Gasteiger partial charge is 0.303 e. The summed E-state index contributed by atoms with van der Waals surface area (Å²) in [7, 11) is 2.00. The van der Waals surface area contributed by atoms with Crippen molar-refractivity contribution in [1.82, 2.24) is 5.32 Å². The molecule has 21 heavy (non-hydrogen) atoms. The van der Waals surface area contributed by atoms with Gasteiger partial charge in [0.1, 0.15) is 7.05 Å². The second kappa shape index (κ2) is 6.83. The van der Waals surface area contributed by atoms with Gasteiger partial charge in [-0.3, -0.25) is 9.59 Å². The van der Waals surface area contributed by atoms with Gasteiger partial charge in [-0.2, -0.15) is 0 Å². The summed E-state index contributed by atoms with van der Waals surface area (Å²) in [6.07, 6.45) is 2.67. The van der Waals surface area contributed by atoms with E-state index in [2.05, 4.69) is 28.1 Å². The Bertz CT molecular complexity index is 668. The predicted molar refractivity (Wildman–Crippen MR) is 78.7 cm³/mol. The molecule has 110 valence electrons. The summed E-state index contributed by atoms with van der Waals surface area (Å²) in [5.74, 6) is -1.17. The van der Waals surface area contributed by atoms with Crippen LogP contribution >= 0.6 is 0 Å². The monoisotopic (exact) mass is 287 g/mol. The topological polar surface area (TPSA) is 70.3 Å². The molecule has 2 rings (SSSR count). The largest absolute Gasteiger partial charge is 0.481 e. The van der Waals surface area contributed by atoms with Crippen LogP contribution in [0.4, 0.5) is 0 Å². The molecule has 1 aromatic carbocycles. The average molecular weight is 287 g/mol. The zero-order valence-corrected chi connectivity index (χ0v) is 12.0. The van der Waals surface area contributed by atoms with E-state index in [0.717, 1.165) is 22.9 Å². The molecule has 0 fully saturated rings. The number of carboxylic acids is 1. The van der Waals surface area contributed by atoms with Crippen LogP contribution in [0.1, 0.15) is 18.4 Å². The summed E-state index contributed by atoms with van der Waals surface area (Å²) in [5, 5.41) is 12.4. The van der Waals surface area contributed by atoms with Crippen molar-refractivity contribution in [1.29, 1.82) is 0 Å². The van der Waals surface area contributed by atoms with Gasteiger partial charge in [-0.15, -0.1) is 0 Å². The lowest BCUT2D eigenvalue weighted by Crippen LogP contribution is -2.30. The standard InChI is InChI=1S/C16H18N2O3/c1-18-11-12(10-13-4-2-3-5-14(13)18)8-9-17-15(19)6-7-16(20)21/h2-5,10-11H,6-9H2,1H3,(H-,17,19,20,21)/p+1. The quantitative estimate of drug-likeness (QED) is 0.784. The number of rotatable bonds is 6. The Morgan fingerprint density at radius 3 is 2.76 bits per heavy atom. The molecule has 1 amide bonds. The number of pyridine rings is 1. The van der Waals surface area contributed by atoms with Gasteiger partial charge < -0.3 is 10.4 Å². The fraction of sp³-hybridized carbons (Fsp3) is 0.312. The van der Waals surface area contributed by atoms with Gasteiger partial charge in [0.25, 0.3) is 0 Å². The number of benzene rings is 1. The first kappa shape index (κ1) is 15.0. The van der Waals surface area contributed by atoms with Gasteiger partial charge in [0.05, 0.1) is 6.42 Å². The van der Waals surface area contributed by atoms with Crippen LogP contribution < -0.4 is 9.88 Å². The summed E-state index contributed by atoms with van der Waals surface area (Å²) in [6.45, 7) is 0.511. The van der Waals surface area contributed by atoms with Crippen LogP contribution in [-0.4, -0.2) is 23.5 Å². The third-order valence-electron chi connectivity index (χ3n) is 3.32. The highest BCUT2D eigenvalue weighted by Gasteiger charge is 2.08. The van der Waals surface area contributed by atoms with Crippen molar-refractivity contribution in [3.05, 3.63) is 42.1 Å². The minimum absolute atomic E-state index is 0.0286. The summed E-state index contributed by atoms with van der Waals surface area (Å²) >= 11 is 0. The Morgan fingerprint density at radius 2 is 2.00 bits per heavy atom. The zero-order valence-electron chi connectivity index (χ0n) is 12.0. The number of nitrogens with one attached hydrogen (secondary N) is 1. The summed E-state index contributed by atoms with van der Waals surface area (Å²) in [6, 6.07) is 10.2. The first-order valence-corrected chi connectivity index (χ1v) is 6.92.